The van der Waals surface area contributed by atoms with E-state index in [-0.39, 0.29) is 0 Å². The number of hydrogen-bond donors (Lipinski definition) is 2. The van der Waals surface area contributed by atoms with E-state index in [0.29, 0.717) is 17.8 Å². The molecule has 0 bridgehead atoms. The maximum atomic E-state index is 4.12. The van der Waals surface area contributed by atoms with E-state index in [1.54, 1.807) is 6.33 Å². The first kappa shape index (κ1) is 17.0. The number of imidazole rings is 1. The van der Waals surface area contributed by atoms with E-state index in [1.807, 2.05) is 17.5 Å². The molecule has 0 aliphatic rings. The lowest BCUT2D eigenvalue weighted by Gasteiger charge is -2.09. The van der Waals surface area contributed by atoms with Crippen molar-refractivity contribution in [3.05, 3.63) is 63.6 Å². The van der Waals surface area contributed by atoms with Crippen molar-refractivity contribution in [3.8, 4) is 0 Å². The van der Waals surface area contributed by atoms with Gasteiger partial charge in [0.15, 0.2) is 0 Å². The molecule has 128 valence electrons. The van der Waals surface area contributed by atoms with Crippen LogP contribution in [0.4, 0.5) is 0 Å². The minimum Gasteiger partial charge on any atom is -0.362 e. The molecular weight excluding hydrogens is 314 g/mol. The minimum atomic E-state index is 0.478. The zero-order valence-corrected chi connectivity index (χ0v) is 15.8. The third-order valence-electron chi connectivity index (χ3n) is 4.64. The molecule has 3 nitrogen and oxygen atoms in total. The number of thiophene rings is 1. The molecule has 3 heterocycles. The summed E-state index contributed by atoms with van der Waals surface area (Å²) in [7, 11) is 0. The van der Waals surface area contributed by atoms with Crippen LogP contribution in [0.1, 0.15) is 72.3 Å². The van der Waals surface area contributed by atoms with Crippen LogP contribution in [-0.2, 0) is 12.8 Å². The van der Waals surface area contributed by atoms with Crippen molar-refractivity contribution in [2.45, 2.75) is 58.3 Å². The lowest BCUT2D eigenvalue weighted by molar-refractivity contribution is 0.744. The number of rotatable bonds is 7. The predicted octanol–water partition coefficient (Wildman–Crippen LogP) is 5.62. The summed E-state index contributed by atoms with van der Waals surface area (Å²) in [6, 6.07) is 9.05. The van der Waals surface area contributed by atoms with E-state index in [1.165, 1.54) is 26.8 Å². The lowest BCUT2D eigenvalue weighted by atomic mass is 10.0. The topological polar surface area (TPSA) is 44.5 Å². The molecule has 3 aromatic heterocycles. The second kappa shape index (κ2) is 7.39. The second-order valence-corrected chi connectivity index (χ2v) is 8.31. The molecule has 0 saturated carbocycles. The molecule has 2 atom stereocenters. The number of H-pyrrole nitrogens is 2. The highest BCUT2D eigenvalue weighted by atomic mass is 32.1. The average Bonchev–Trinajstić information content (AvgIpc) is 3.28. The summed E-state index contributed by atoms with van der Waals surface area (Å²) in [5.74, 6) is 1.59. The first-order valence-electron chi connectivity index (χ1n) is 8.77. The standard InChI is InChI=1S/C20H27N3S/c1-13(2)18-7-5-16(23-18)9-15(4)20-8-6-17(24-20)10-14(3)19-11-21-12-22-19/h5-8,11-15,23H,9-10H2,1-4H3,(H,21,22). The molecule has 0 aliphatic carbocycles. The molecule has 0 spiro atoms. The first-order chi connectivity index (χ1) is 11.5. The minimum absolute atomic E-state index is 0.478. The van der Waals surface area contributed by atoms with E-state index in [2.05, 4.69) is 66.9 Å². The number of aromatic nitrogens is 3. The van der Waals surface area contributed by atoms with Crippen LogP contribution in [0.3, 0.4) is 0 Å². The summed E-state index contributed by atoms with van der Waals surface area (Å²) in [5, 5.41) is 0. The fourth-order valence-electron chi connectivity index (χ4n) is 3.06. The van der Waals surface area contributed by atoms with E-state index in [9.17, 15) is 0 Å². The number of hydrogen-bond acceptors (Lipinski definition) is 2. The van der Waals surface area contributed by atoms with Crippen LogP contribution in [-0.4, -0.2) is 15.0 Å². The molecular formula is C20H27N3S. The van der Waals surface area contributed by atoms with Gasteiger partial charge in [0.05, 0.1) is 6.33 Å². The fourth-order valence-corrected chi connectivity index (χ4v) is 4.26. The number of aromatic amines is 2. The Hall–Kier alpha value is -1.81. The van der Waals surface area contributed by atoms with E-state index in [0.717, 1.165) is 12.8 Å². The first-order valence-corrected chi connectivity index (χ1v) is 9.59. The zero-order chi connectivity index (χ0) is 17.1. The summed E-state index contributed by atoms with van der Waals surface area (Å²) in [6.45, 7) is 9.03. The molecule has 4 heteroatoms. The highest BCUT2D eigenvalue weighted by Gasteiger charge is 2.14. The molecule has 2 N–H and O–H groups in total. The Balaban J connectivity index is 1.61. The Labute approximate surface area is 148 Å². The van der Waals surface area contributed by atoms with Gasteiger partial charge in [-0.3, -0.25) is 0 Å². The quantitative estimate of drug-likeness (QED) is 0.576. The maximum absolute atomic E-state index is 4.12. The van der Waals surface area contributed by atoms with Gasteiger partial charge in [0, 0.05) is 39.0 Å². The van der Waals surface area contributed by atoms with Gasteiger partial charge in [0.1, 0.15) is 0 Å². The largest absolute Gasteiger partial charge is 0.362 e. The summed E-state index contributed by atoms with van der Waals surface area (Å²) >= 11 is 1.95. The molecule has 2 unspecified atom stereocenters. The van der Waals surface area contributed by atoms with Crippen molar-refractivity contribution in [2.75, 3.05) is 0 Å². The molecule has 3 aromatic rings. The van der Waals surface area contributed by atoms with Crippen LogP contribution in [0.2, 0.25) is 0 Å². The molecule has 0 amide bonds. The summed E-state index contributed by atoms with van der Waals surface area (Å²) in [5.41, 5.74) is 3.88. The Morgan fingerprint density at radius 2 is 1.79 bits per heavy atom. The summed E-state index contributed by atoms with van der Waals surface area (Å²) in [6.07, 6.45) is 5.83. The predicted molar refractivity (Wildman–Crippen MR) is 102 cm³/mol. The van der Waals surface area contributed by atoms with Gasteiger partial charge >= 0.3 is 0 Å². The lowest BCUT2D eigenvalue weighted by Crippen LogP contribution is -1.98. The van der Waals surface area contributed by atoms with Gasteiger partial charge in [-0.1, -0.05) is 27.7 Å². The number of nitrogens with zero attached hydrogens (tertiary/aromatic N) is 1. The van der Waals surface area contributed by atoms with Crippen molar-refractivity contribution >= 4 is 11.3 Å². The van der Waals surface area contributed by atoms with Gasteiger partial charge in [0.2, 0.25) is 0 Å². The van der Waals surface area contributed by atoms with Gasteiger partial charge < -0.3 is 9.97 Å². The monoisotopic (exact) mass is 341 g/mol. The van der Waals surface area contributed by atoms with Gasteiger partial charge in [0.25, 0.3) is 0 Å². The molecule has 3 rings (SSSR count). The van der Waals surface area contributed by atoms with Gasteiger partial charge in [-0.15, -0.1) is 11.3 Å². The van der Waals surface area contributed by atoms with Crippen molar-refractivity contribution in [2.24, 2.45) is 0 Å². The molecule has 0 radical (unpaired) electrons. The van der Waals surface area contributed by atoms with Gasteiger partial charge in [-0.05, 0) is 48.9 Å². The smallest absolute Gasteiger partial charge is 0.0921 e. The molecule has 24 heavy (non-hydrogen) atoms. The van der Waals surface area contributed by atoms with Crippen LogP contribution in [0.25, 0.3) is 0 Å². The molecule has 0 aliphatic heterocycles. The molecule has 0 aromatic carbocycles. The third-order valence-corrected chi connectivity index (χ3v) is 5.98. The third kappa shape index (κ3) is 3.99. The average molecular weight is 342 g/mol. The highest BCUT2D eigenvalue weighted by Crippen LogP contribution is 2.30. The molecule has 0 fully saturated rings. The number of nitrogens with one attached hydrogen (secondary N) is 2. The van der Waals surface area contributed by atoms with E-state index >= 15 is 0 Å². The van der Waals surface area contributed by atoms with Crippen molar-refractivity contribution in [3.63, 3.8) is 0 Å². The zero-order valence-electron chi connectivity index (χ0n) is 15.0. The van der Waals surface area contributed by atoms with E-state index in [4.69, 9.17) is 0 Å². The summed E-state index contributed by atoms with van der Waals surface area (Å²) in [4.78, 5) is 13.8. The fraction of sp³-hybridized carbons (Fsp3) is 0.450. The van der Waals surface area contributed by atoms with Gasteiger partial charge in [-0.2, -0.15) is 0 Å². The van der Waals surface area contributed by atoms with Crippen LogP contribution < -0.4 is 0 Å². The van der Waals surface area contributed by atoms with Crippen LogP contribution in [0.15, 0.2) is 36.8 Å². The Bertz CT molecular complexity index is 752. The highest BCUT2D eigenvalue weighted by molar-refractivity contribution is 7.12. The van der Waals surface area contributed by atoms with Crippen molar-refractivity contribution < 1.29 is 0 Å². The van der Waals surface area contributed by atoms with Crippen molar-refractivity contribution in [1.29, 1.82) is 0 Å². The maximum Gasteiger partial charge on any atom is 0.0921 e. The van der Waals surface area contributed by atoms with Crippen molar-refractivity contribution in [1.82, 2.24) is 15.0 Å². The van der Waals surface area contributed by atoms with Crippen LogP contribution in [0, 0.1) is 0 Å². The normalized spacial score (nSPS) is 14.2. The molecule has 0 saturated heterocycles. The van der Waals surface area contributed by atoms with Gasteiger partial charge in [-0.25, -0.2) is 4.98 Å². The second-order valence-electron chi connectivity index (χ2n) is 7.11. The Kier molecular flexibility index (Phi) is 5.24. The SMILES string of the molecule is CC(C)c1ccc(CC(C)c2ccc(CC(C)c3cnc[nH]3)s2)[nH]1. The van der Waals surface area contributed by atoms with Crippen LogP contribution >= 0.6 is 11.3 Å². The Morgan fingerprint density at radius 3 is 2.46 bits per heavy atom. The van der Waals surface area contributed by atoms with E-state index < -0.39 is 0 Å². The van der Waals surface area contributed by atoms with Crippen LogP contribution in [0.5, 0.6) is 0 Å². The Morgan fingerprint density at radius 1 is 0.958 bits per heavy atom. The summed E-state index contributed by atoms with van der Waals surface area (Å²) < 4.78 is 0.